The Morgan fingerprint density at radius 1 is 1.43 bits per heavy atom. The lowest BCUT2D eigenvalue weighted by atomic mass is 10.1. The number of aliphatic hydroxyl groups is 1. The first-order valence-corrected chi connectivity index (χ1v) is 4.66. The topological polar surface area (TPSA) is 49.5 Å². The zero-order valence-electron chi connectivity index (χ0n) is 7.83. The van der Waals surface area contributed by atoms with E-state index in [1.807, 2.05) is 0 Å². The second-order valence-corrected chi connectivity index (χ2v) is 3.50. The largest absolute Gasteiger partial charge is 0.396 e. The van der Waals surface area contributed by atoms with Crippen molar-refractivity contribution in [3.63, 3.8) is 0 Å². The third-order valence-corrected chi connectivity index (χ3v) is 2.57. The lowest BCUT2D eigenvalue weighted by Crippen LogP contribution is -2.37. The SMILES string of the molecule is Nc1cc(N2CCC2)c(CO)cc1F. The number of nitrogens with zero attached hydrogens (tertiary/aromatic N) is 1. The summed E-state index contributed by atoms with van der Waals surface area (Å²) in [7, 11) is 0. The van der Waals surface area contributed by atoms with Crippen LogP contribution >= 0.6 is 0 Å². The van der Waals surface area contributed by atoms with Crippen LogP contribution in [0.2, 0.25) is 0 Å². The fraction of sp³-hybridized carbons (Fsp3) is 0.400. The number of aliphatic hydroxyl groups excluding tert-OH is 1. The molecule has 3 nitrogen and oxygen atoms in total. The average Bonchev–Trinajstić information content (AvgIpc) is 2.08. The number of nitrogens with two attached hydrogens (primary N) is 1. The van der Waals surface area contributed by atoms with E-state index in [1.165, 1.54) is 6.07 Å². The summed E-state index contributed by atoms with van der Waals surface area (Å²) in [6.45, 7) is 1.76. The van der Waals surface area contributed by atoms with Crippen molar-refractivity contribution in [2.24, 2.45) is 0 Å². The highest BCUT2D eigenvalue weighted by atomic mass is 19.1. The van der Waals surface area contributed by atoms with E-state index < -0.39 is 5.82 Å². The lowest BCUT2D eigenvalue weighted by Gasteiger charge is -2.34. The van der Waals surface area contributed by atoms with Gasteiger partial charge in [-0.15, -0.1) is 0 Å². The van der Waals surface area contributed by atoms with Crippen molar-refractivity contribution in [3.05, 3.63) is 23.5 Å². The fourth-order valence-corrected chi connectivity index (χ4v) is 1.60. The van der Waals surface area contributed by atoms with E-state index in [0.717, 1.165) is 25.2 Å². The highest BCUT2D eigenvalue weighted by Crippen LogP contribution is 2.29. The molecule has 4 heteroatoms. The number of benzene rings is 1. The summed E-state index contributed by atoms with van der Waals surface area (Å²) >= 11 is 0. The molecule has 0 atom stereocenters. The molecule has 1 aliphatic heterocycles. The number of hydrogen-bond donors (Lipinski definition) is 2. The van der Waals surface area contributed by atoms with Gasteiger partial charge < -0.3 is 15.7 Å². The Labute approximate surface area is 81.9 Å². The molecule has 0 unspecified atom stereocenters. The van der Waals surface area contributed by atoms with Gasteiger partial charge in [0.15, 0.2) is 0 Å². The summed E-state index contributed by atoms with van der Waals surface area (Å²) in [6.07, 6.45) is 1.14. The first kappa shape index (κ1) is 9.27. The predicted molar refractivity (Wildman–Crippen MR) is 53.6 cm³/mol. The highest BCUT2D eigenvalue weighted by molar-refractivity contribution is 5.62. The Morgan fingerprint density at radius 2 is 2.14 bits per heavy atom. The van der Waals surface area contributed by atoms with Gasteiger partial charge in [0, 0.05) is 24.3 Å². The second kappa shape index (κ2) is 3.46. The summed E-state index contributed by atoms with van der Waals surface area (Å²) < 4.78 is 13.1. The molecule has 0 aromatic heterocycles. The maximum atomic E-state index is 13.1. The van der Waals surface area contributed by atoms with Gasteiger partial charge >= 0.3 is 0 Å². The first-order valence-electron chi connectivity index (χ1n) is 4.66. The zero-order valence-corrected chi connectivity index (χ0v) is 7.83. The Bertz CT molecular complexity index is 350. The van der Waals surface area contributed by atoms with E-state index in [9.17, 15) is 4.39 Å². The average molecular weight is 196 g/mol. The second-order valence-electron chi connectivity index (χ2n) is 3.50. The zero-order chi connectivity index (χ0) is 10.1. The molecule has 76 valence electrons. The van der Waals surface area contributed by atoms with Crippen LogP contribution in [-0.4, -0.2) is 18.2 Å². The number of halogens is 1. The molecule has 0 spiro atoms. The molecule has 0 amide bonds. The van der Waals surface area contributed by atoms with Crippen LogP contribution in [0.5, 0.6) is 0 Å². The molecule has 2 rings (SSSR count). The van der Waals surface area contributed by atoms with Crippen LogP contribution in [0.3, 0.4) is 0 Å². The monoisotopic (exact) mass is 196 g/mol. The minimum Gasteiger partial charge on any atom is -0.396 e. The molecular formula is C10H13FN2O. The molecule has 1 heterocycles. The van der Waals surface area contributed by atoms with Crippen molar-refractivity contribution < 1.29 is 9.50 Å². The predicted octanol–water partition coefficient (Wildman–Crippen LogP) is 1.11. The minimum atomic E-state index is -0.460. The molecule has 1 aromatic rings. The number of nitrogen functional groups attached to an aromatic ring is 1. The van der Waals surface area contributed by atoms with Crippen LogP contribution in [0, 0.1) is 5.82 Å². The molecular weight excluding hydrogens is 183 g/mol. The van der Waals surface area contributed by atoms with Gasteiger partial charge in [-0.1, -0.05) is 0 Å². The summed E-state index contributed by atoms with van der Waals surface area (Å²) in [5.74, 6) is -0.460. The van der Waals surface area contributed by atoms with Gasteiger partial charge in [-0.25, -0.2) is 4.39 Å². The molecule has 1 aromatic carbocycles. The summed E-state index contributed by atoms with van der Waals surface area (Å²) in [5.41, 5.74) is 7.09. The van der Waals surface area contributed by atoms with Crippen molar-refractivity contribution in [1.82, 2.24) is 0 Å². The smallest absolute Gasteiger partial charge is 0.146 e. The van der Waals surface area contributed by atoms with Crippen molar-refractivity contribution in [2.45, 2.75) is 13.0 Å². The number of anilines is 2. The Kier molecular flexibility index (Phi) is 2.29. The Morgan fingerprint density at radius 3 is 2.64 bits per heavy atom. The van der Waals surface area contributed by atoms with E-state index in [-0.39, 0.29) is 12.3 Å². The van der Waals surface area contributed by atoms with E-state index in [2.05, 4.69) is 4.90 Å². The summed E-state index contributed by atoms with van der Waals surface area (Å²) in [6, 6.07) is 2.91. The Balaban J connectivity index is 2.40. The number of rotatable bonds is 2. The molecule has 1 fully saturated rings. The first-order chi connectivity index (χ1) is 6.72. The van der Waals surface area contributed by atoms with Gasteiger partial charge in [0.1, 0.15) is 5.82 Å². The van der Waals surface area contributed by atoms with E-state index in [1.54, 1.807) is 6.07 Å². The van der Waals surface area contributed by atoms with Gasteiger partial charge in [0.05, 0.1) is 12.3 Å². The van der Waals surface area contributed by atoms with Crippen LogP contribution in [0.1, 0.15) is 12.0 Å². The summed E-state index contributed by atoms with van der Waals surface area (Å²) in [5, 5.41) is 9.07. The highest BCUT2D eigenvalue weighted by Gasteiger charge is 2.18. The van der Waals surface area contributed by atoms with E-state index in [0.29, 0.717) is 5.56 Å². The molecule has 14 heavy (non-hydrogen) atoms. The van der Waals surface area contributed by atoms with Crippen LogP contribution in [0.15, 0.2) is 12.1 Å². The van der Waals surface area contributed by atoms with Crippen molar-refractivity contribution in [3.8, 4) is 0 Å². The van der Waals surface area contributed by atoms with E-state index in [4.69, 9.17) is 10.8 Å². The summed E-state index contributed by atoms with van der Waals surface area (Å²) in [4.78, 5) is 2.08. The van der Waals surface area contributed by atoms with Crippen LogP contribution in [0.4, 0.5) is 15.8 Å². The Hall–Kier alpha value is -1.29. The van der Waals surface area contributed by atoms with Gasteiger partial charge in [-0.3, -0.25) is 0 Å². The van der Waals surface area contributed by atoms with Crippen molar-refractivity contribution in [1.29, 1.82) is 0 Å². The maximum Gasteiger partial charge on any atom is 0.146 e. The third-order valence-electron chi connectivity index (χ3n) is 2.57. The normalized spacial score (nSPS) is 15.4. The quantitative estimate of drug-likeness (QED) is 0.697. The van der Waals surface area contributed by atoms with Crippen molar-refractivity contribution >= 4 is 11.4 Å². The van der Waals surface area contributed by atoms with Crippen LogP contribution < -0.4 is 10.6 Å². The van der Waals surface area contributed by atoms with Crippen molar-refractivity contribution in [2.75, 3.05) is 23.7 Å². The number of hydrogen-bond acceptors (Lipinski definition) is 3. The molecule has 0 radical (unpaired) electrons. The van der Waals surface area contributed by atoms with Crippen LogP contribution in [0.25, 0.3) is 0 Å². The van der Waals surface area contributed by atoms with Gasteiger partial charge in [-0.2, -0.15) is 0 Å². The van der Waals surface area contributed by atoms with Gasteiger partial charge in [0.25, 0.3) is 0 Å². The van der Waals surface area contributed by atoms with Gasteiger partial charge in [0.2, 0.25) is 0 Å². The minimum absolute atomic E-state index is 0.143. The van der Waals surface area contributed by atoms with E-state index >= 15 is 0 Å². The third kappa shape index (κ3) is 1.42. The fourth-order valence-electron chi connectivity index (χ4n) is 1.60. The van der Waals surface area contributed by atoms with Crippen LogP contribution in [-0.2, 0) is 6.61 Å². The molecule has 0 aliphatic carbocycles. The maximum absolute atomic E-state index is 13.1. The molecule has 3 N–H and O–H groups in total. The molecule has 0 bridgehead atoms. The molecule has 1 saturated heterocycles. The standard InChI is InChI=1S/C10H13FN2O/c11-8-4-7(6-14)10(5-9(8)12)13-2-1-3-13/h4-5,14H,1-3,6,12H2. The lowest BCUT2D eigenvalue weighted by molar-refractivity contribution is 0.281. The van der Waals surface area contributed by atoms with Gasteiger partial charge in [-0.05, 0) is 18.6 Å². The molecule has 0 saturated carbocycles. The molecule has 1 aliphatic rings.